The van der Waals surface area contributed by atoms with Crippen molar-refractivity contribution in [2.24, 2.45) is 0 Å². The van der Waals surface area contributed by atoms with Gasteiger partial charge in [0.2, 0.25) is 0 Å². The van der Waals surface area contributed by atoms with Gasteiger partial charge in [-0.05, 0) is 36.8 Å². The third kappa shape index (κ3) is 5.31. The number of carbonyl (C=O) groups excluding carboxylic acids is 1. The highest BCUT2D eigenvalue weighted by molar-refractivity contribution is 7.92. The van der Waals surface area contributed by atoms with Crippen molar-refractivity contribution in [2.45, 2.75) is 17.4 Å². The average Bonchev–Trinajstić information content (AvgIpc) is 3.18. The molecule has 2 heterocycles. The summed E-state index contributed by atoms with van der Waals surface area (Å²) in [7, 11) is -5.43. The van der Waals surface area contributed by atoms with Crippen molar-refractivity contribution in [1.82, 2.24) is 9.80 Å². The molecule has 1 unspecified atom stereocenters. The smallest absolute Gasteiger partial charge is 0.262 e. The van der Waals surface area contributed by atoms with E-state index in [1.165, 1.54) is 19.2 Å². The van der Waals surface area contributed by atoms with Gasteiger partial charge in [0, 0.05) is 37.8 Å². The number of hydrogen-bond acceptors (Lipinski definition) is 7. The van der Waals surface area contributed by atoms with E-state index >= 15 is 0 Å². The third-order valence-corrected chi connectivity index (χ3v) is 9.18. The van der Waals surface area contributed by atoms with Gasteiger partial charge < -0.3 is 9.64 Å². The number of carbonyl (C=O) groups is 1. The summed E-state index contributed by atoms with van der Waals surface area (Å²) in [6, 6.07) is 12.6. The van der Waals surface area contributed by atoms with Crippen LogP contribution in [0.15, 0.2) is 53.4 Å². The predicted octanol–water partition coefficient (Wildman–Crippen LogP) is 1.44. The zero-order valence-electron chi connectivity index (χ0n) is 18.3. The number of methoxy groups -OCH3 is 1. The molecule has 0 spiro atoms. The lowest BCUT2D eigenvalue weighted by molar-refractivity contribution is 0.0587. The number of nitrogens with one attached hydrogen (secondary N) is 1. The zero-order chi connectivity index (χ0) is 23.6. The minimum absolute atomic E-state index is 0.0155. The Balaban J connectivity index is 1.44. The Hall–Kier alpha value is -2.63. The molecule has 0 bridgehead atoms. The van der Waals surface area contributed by atoms with Crippen molar-refractivity contribution in [3.05, 3.63) is 54.1 Å². The number of para-hydroxylation sites is 2. The van der Waals surface area contributed by atoms with Gasteiger partial charge >= 0.3 is 0 Å². The van der Waals surface area contributed by atoms with E-state index in [2.05, 4.69) is 9.62 Å². The van der Waals surface area contributed by atoms with Crippen LogP contribution < -0.4 is 9.46 Å². The van der Waals surface area contributed by atoms with Crippen LogP contribution in [0.3, 0.4) is 0 Å². The van der Waals surface area contributed by atoms with Crippen molar-refractivity contribution in [3.63, 3.8) is 0 Å². The summed E-state index contributed by atoms with van der Waals surface area (Å²) in [5.41, 5.74) is 0.594. The van der Waals surface area contributed by atoms with Crippen molar-refractivity contribution in [3.8, 4) is 5.75 Å². The third-order valence-electron chi connectivity index (χ3n) is 6.07. The Kier molecular flexibility index (Phi) is 6.64. The fourth-order valence-electron chi connectivity index (χ4n) is 4.27. The van der Waals surface area contributed by atoms with Gasteiger partial charge in [-0.25, -0.2) is 16.8 Å². The van der Waals surface area contributed by atoms with Gasteiger partial charge in [-0.1, -0.05) is 18.2 Å². The molecule has 0 aliphatic carbocycles. The predicted molar refractivity (Wildman–Crippen MR) is 125 cm³/mol. The molecule has 11 heteroatoms. The first-order valence-corrected chi connectivity index (χ1v) is 14.0. The Morgan fingerprint density at radius 2 is 1.79 bits per heavy atom. The number of sulfonamides is 1. The normalized spacial score (nSPS) is 21.0. The highest BCUT2D eigenvalue weighted by Gasteiger charge is 2.34. The molecule has 9 nitrogen and oxygen atoms in total. The number of piperazine rings is 1. The molecule has 2 fully saturated rings. The lowest BCUT2D eigenvalue weighted by Gasteiger charge is -2.37. The van der Waals surface area contributed by atoms with Crippen LogP contribution in [0.1, 0.15) is 16.8 Å². The van der Waals surface area contributed by atoms with Gasteiger partial charge in [0.25, 0.3) is 15.9 Å². The Labute approximate surface area is 194 Å². The van der Waals surface area contributed by atoms with Gasteiger partial charge in [-0.15, -0.1) is 0 Å². The first-order chi connectivity index (χ1) is 15.7. The number of amides is 1. The van der Waals surface area contributed by atoms with Crippen LogP contribution in [-0.2, 0) is 19.9 Å². The van der Waals surface area contributed by atoms with Crippen LogP contribution in [0.4, 0.5) is 5.69 Å². The van der Waals surface area contributed by atoms with Crippen molar-refractivity contribution >= 4 is 31.5 Å². The first-order valence-electron chi connectivity index (χ1n) is 10.7. The number of benzene rings is 2. The summed E-state index contributed by atoms with van der Waals surface area (Å²) in [4.78, 5) is 16.8. The SMILES string of the molecule is COc1ccccc1NS(=O)(=O)c1cccc(C(=O)N2CCN(C3CCS(=O)(=O)C3)CC2)c1. The highest BCUT2D eigenvalue weighted by atomic mass is 32.2. The lowest BCUT2D eigenvalue weighted by atomic mass is 10.1. The molecule has 0 saturated carbocycles. The molecule has 0 radical (unpaired) electrons. The second-order valence-electron chi connectivity index (χ2n) is 8.22. The van der Waals surface area contributed by atoms with E-state index in [-0.39, 0.29) is 33.9 Å². The van der Waals surface area contributed by atoms with E-state index in [0.717, 1.165) is 0 Å². The number of nitrogens with zero attached hydrogens (tertiary/aromatic N) is 2. The second kappa shape index (κ2) is 9.32. The first kappa shape index (κ1) is 23.5. The maximum absolute atomic E-state index is 13.0. The molecule has 2 saturated heterocycles. The van der Waals surface area contributed by atoms with Crippen LogP contribution in [-0.4, -0.2) is 83.4 Å². The molecule has 2 aromatic rings. The summed E-state index contributed by atoms with van der Waals surface area (Å²) in [6.07, 6.45) is 0.634. The minimum atomic E-state index is -3.93. The summed E-state index contributed by atoms with van der Waals surface area (Å²) in [5.74, 6) is 0.547. The van der Waals surface area contributed by atoms with E-state index in [1.807, 2.05) is 0 Å². The van der Waals surface area contributed by atoms with Crippen LogP contribution >= 0.6 is 0 Å². The van der Waals surface area contributed by atoms with Crippen LogP contribution in [0.2, 0.25) is 0 Å². The van der Waals surface area contributed by atoms with Crippen molar-refractivity contribution < 1.29 is 26.4 Å². The molecule has 2 aliphatic heterocycles. The number of sulfone groups is 1. The van der Waals surface area contributed by atoms with Crippen LogP contribution in [0, 0.1) is 0 Å². The molecule has 0 aromatic heterocycles. The quantitative estimate of drug-likeness (QED) is 0.648. The molecule has 33 heavy (non-hydrogen) atoms. The Morgan fingerprint density at radius 1 is 1.06 bits per heavy atom. The minimum Gasteiger partial charge on any atom is -0.495 e. The molecule has 2 aliphatic rings. The number of rotatable bonds is 6. The molecular formula is C22H27N3O6S2. The summed E-state index contributed by atoms with van der Waals surface area (Å²) < 4.78 is 57.0. The average molecular weight is 494 g/mol. The van der Waals surface area contributed by atoms with E-state index in [4.69, 9.17) is 4.74 Å². The highest BCUT2D eigenvalue weighted by Crippen LogP contribution is 2.26. The molecule has 1 atom stereocenters. The second-order valence-corrected chi connectivity index (χ2v) is 12.1. The van der Waals surface area contributed by atoms with E-state index in [9.17, 15) is 21.6 Å². The van der Waals surface area contributed by atoms with Gasteiger partial charge in [-0.2, -0.15) is 0 Å². The van der Waals surface area contributed by atoms with Gasteiger partial charge in [0.05, 0.1) is 29.2 Å². The van der Waals surface area contributed by atoms with E-state index in [0.29, 0.717) is 44.0 Å². The topological polar surface area (TPSA) is 113 Å². The van der Waals surface area contributed by atoms with Gasteiger partial charge in [0.15, 0.2) is 9.84 Å². The van der Waals surface area contributed by atoms with E-state index < -0.39 is 19.9 Å². The number of ether oxygens (including phenoxy) is 1. The summed E-state index contributed by atoms with van der Waals surface area (Å²) >= 11 is 0. The maximum atomic E-state index is 13.0. The maximum Gasteiger partial charge on any atom is 0.262 e. The fraction of sp³-hybridized carbons (Fsp3) is 0.409. The van der Waals surface area contributed by atoms with Crippen LogP contribution in [0.25, 0.3) is 0 Å². The lowest BCUT2D eigenvalue weighted by Crippen LogP contribution is -2.52. The number of anilines is 1. The van der Waals surface area contributed by atoms with Crippen molar-refractivity contribution in [2.75, 3.05) is 49.5 Å². The Bertz CT molecular complexity index is 1240. The standard InChI is InChI=1S/C22H27N3O6S2/c1-31-21-8-3-2-7-20(21)23-33(29,30)19-6-4-5-17(15-19)22(26)25-12-10-24(11-13-25)18-9-14-32(27,28)16-18/h2-8,15,18,23H,9-14,16H2,1H3. The largest absolute Gasteiger partial charge is 0.495 e. The van der Waals surface area contributed by atoms with Gasteiger partial charge in [-0.3, -0.25) is 14.4 Å². The molecular weight excluding hydrogens is 466 g/mol. The molecule has 1 amide bonds. The monoisotopic (exact) mass is 493 g/mol. The molecule has 4 rings (SSSR count). The number of hydrogen-bond donors (Lipinski definition) is 1. The molecule has 2 aromatic carbocycles. The summed E-state index contributed by atoms with van der Waals surface area (Å²) in [5, 5.41) is 0. The van der Waals surface area contributed by atoms with Crippen LogP contribution in [0.5, 0.6) is 5.75 Å². The zero-order valence-corrected chi connectivity index (χ0v) is 19.9. The summed E-state index contributed by atoms with van der Waals surface area (Å²) in [6.45, 7) is 2.12. The van der Waals surface area contributed by atoms with Gasteiger partial charge in [0.1, 0.15) is 5.75 Å². The molecule has 1 N–H and O–H groups in total. The Morgan fingerprint density at radius 3 is 2.45 bits per heavy atom. The molecule has 178 valence electrons. The fourth-order valence-corrected chi connectivity index (χ4v) is 7.14. The van der Waals surface area contributed by atoms with Crippen molar-refractivity contribution in [1.29, 1.82) is 0 Å². The van der Waals surface area contributed by atoms with E-state index in [1.54, 1.807) is 41.3 Å².